The Labute approximate surface area is 192 Å². The molecule has 0 spiro atoms. The summed E-state index contributed by atoms with van der Waals surface area (Å²) in [5, 5.41) is 9.61. The highest BCUT2D eigenvalue weighted by Crippen LogP contribution is 2.33. The molecule has 1 fully saturated rings. The number of aliphatic imine (C=N–C) groups is 1. The van der Waals surface area contributed by atoms with E-state index in [1.807, 2.05) is 20.8 Å². The van der Waals surface area contributed by atoms with Gasteiger partial charge in [-0.1, -0.05) is 50.6 Å². The molecule has 1 aromatic carbocycles. The van der Waals surface area contributed by atoms with Gasteiger partial charge in [0, 0.05) is 44.6 Å². The lowest BCUT2D eigenvalue weighted by Crippen LogP contribution is -2.45. The van der Waals surface area contributed by atoms with Crippen molar-refractivity contribution in [1.29, 1.82) is 0 Å². The monoisotopic (exact) mass is 516 g/mol. The van der Waals surface area contributed by atoms with Gasteiger partial charge in [0.15, 0.2) is 5.96 Å². The lowest BCUT2D eigenvalue weighted by Gasteiger charge is -2.32. The topological polar surface area (TPSA) is 74.8 Å². The maximum atomic E-state index is 11.9. The van der Waals surface area contributed by atoms with Gasteiger partial charge in [-0.05, 0) is 25.3 Å². The number of nitrogens with one attached hydrogen (secondary N) is 3. The summed E-state index contributed by atoms with van der Waals surface area (Å²) in [6.07, 6.45) is 2.33. The highest BCUT2D eigenvalue weighted by atomic mass is 127. The molecule has 1 aliphatic heterocycles. The van der Waals surface area contributed by atoms with Gasteiger partial charge in [-0.3, -0.25) is 9.79 Å². The minimum atomic E-state index is -0.369. The molecule has 0 saturated carbocycles. The largest absolute Gasteiger partial charge is 0.373 e. The van der Waals surface area contributed by atoms with Crippen LogP contribution in [0.3, 0.4) is 0 Å². The number of hydrogen-bond acceptors (Lipinski definition) is 3. The minimum absolute atomic E-state index is 0. The Kier molecular flexibility index (Phi) is 11.0. The first-order valence-corrected chi connectivity index (χ1v) is 10.2. The Morgan fingerprint density at radius 1 is 1.14 bits per heavy atom. The number of carbonyl (C=O) groups is 1. The SMILES string of the molecule is CN=C(NCCNC(=O)C(C)(C)C)NCC1CCCOC1c1ccc(C)cc1.I. The molecule has 0 aromatic heterocycles. The van der Waals surface area contributed by atoms with Crippen molar-refractivity contribution in [1.82, 2.24) is 16.0 Å². The lowest BCUT2D eigenvalue weighted by atomic mass is 9.89. The first kappa shape index (κ1) is 25.7. The maximum Gasteiger partial charge on any atom is 0.225 e. The van der Waals surface area contributed by atoms with Gasteiger partial charge in [-0.15, -0.1) is 24.0 Å². The van der Waals surface area contributed by atoms with Crippen molar-refractivity contribution in [2.75, 3.05) is 33.3 Å². The van der Waals surface area contributed by atoms with E-state index in [0.717, 1.165) is 32.0 Å². The third kappa shape index (κ3) is 8.50. The maximum absolute atomic E-state index is 11.9. The van der Waals surface area contributed by atoms with Gasteiger partial charge in [0.25, 0.3) is 0 Å². The summed E-state index contributed by atoms with van der Waals surface area (Å²) < 4.78 is 6.09. The smallest absolute Gasteiger partial charge is 0.225 e. The number of amides is 1. The molecular weight excluding hydrogens is 479 g/mol. The second kappa shape index (κ2) is 12.4. The number of nitrogens with zero attached hydrogens (tertiary/aromatic N) is 1. The number of ether oxygens (including phenoxy) is 1. The number of carbonyl (C=O) groups excluding carboxylic acids is 1. The van der Waals surface area contributed by atoms with E-state index in [1.165, 1.54) is 11.1 Å². The van der Waals surface area contributed by atoms with Crippen LogP contribution in [0.25, 0.3) is 0 Å². The summed E-state index contributed by atoms with van der Waals surface area (Å²) in [5.74, 6) is 1.20. The van der Waals surface area contributed by atoms with E-state index >= 15 is 0 Å². The molecule has 3 N–H and O–H groups in total. The normalized spacial score (nSPS) is 19.8. The number of halogens is 1. The van der Waals surface area contributed by atoms with Gasteiger partial charge >= 0.3 is 0 Å². The molecule has 6 nitrogen and oxygen atoms in total. The molecule has 29 heavy (non-hydrogen) atoms. The zero-order valence-electron chi connectivity index (χ0n) is 18.4. The van der Waals surface area contributed by atoms with E-state index in [0.29, 0.717) is 19.0 Å². The van der Waals surface area contributed by atoms with Gasteiger partial charge in [0.05, 0.1) is 6.10 Å². The van der Waals surface area contributed by atoms with Crippen molar-refractivity contribution < 1.29 is 9.53 Å². The quantitative estimate of drug-likeness (QED) is 0.235. The number of benzene rings is 1. The molecule has 0 radical (unpaired) electrons. The third-order valence-corrected chi connectivity index (χ3v) is 4.99. The molecule has 2 rings (SSSR count). The predicted octanol–water partition coefficient (Wildman–Crippen LogP) is 3.41. The summed E-state index contributed by atoms with van der Waals surface area (Å²) in [4.78, 5) is 16.2. The Hall–Kier alpha value is -1.35. The zero-order chi connectivity index (χ0) is 20.6. The molecule has 0 bridgehead atoms. The van der Waals surface area contributed by atoms with Crippen LogP contribution in [0.4, 0.5) is 0 Å². The number of guanidine groups is 1. The third-order valence-electron chi connectivity index (χ3n) is 4.99. The number of hydrogen-bond donors (Lipinski definition) is 3. The van der Waals surface area contributed by atoms with Crippen molar-refractivity contribution in [3.63, 3.8) is 0 Å². The van der Waals surface area contributed by atoms with Gasteiger partial charge < -0.3 is 20.7 Å². The molecule has 7 heteroatoms. The predicted molar refractivity (Wildman–Crippen MR) is 130 cm³/mol. The van der Waals surface area contributed by atoms with Crippen molar-refractivity contribution in [3.05, 3.63) is 35.4 Å². The highest BCUT2D eigenvalue weighted by Gasteiger charge is 2.27. The lowest BCUT2D eigenvalue weighted by molar-refractivity contribution is -0.128. The summed E-state index contributed by atoms with van der Waals surface area (Å²) in [6.45, 7) is 10.6. The minimum Gasteiger partial charge on any atom is -0.373 e. The first-order chi connectivity index (χ1) is 13.3. The zero-order valence-corrected chi connectivity index (χ0v) is 20.7. The molecule has 1 saturated heterocycles. The summed E-state index contributed by atoms with van der Waals surface area (Å²) in [7, 11) is 1.76. The van der Waals surface area contributed by atoms with Crippen LogP contribution in [0.1, 0.15) is 50.8 Å². The second-order valence-corrected chi connectivity index (χ2v) is 8.49. The van der Waals surface area contributed by atoms with Crippen molar-refractivity contribution in [2.24, 2.45) is 16.3 Å². The molecule has 1 aliphatic rings. The van der Waals surface area contributed by atoms with E-state index in [9.17, 15) is 4.79 Å². The second-order valence-electron chi connectivity index (χ2n) is 8.49. The van der Waals surface area contributed by atoms with Gasteiger partial charge in [0.1, 0.15) is 0 Å². The summed E-state index contributed by atoms with van der Waals surface area (Å²) in [6, 6.07) is 8.63. The van der Waals surface area contributed by atoms with Gasteiger partial charge in [-0.25, -0.2) is 0 Å². The van der Waals surface area contributed by atoms with Crippen molar-refractivity contribution >= 4 is 35.8 Å². The molecule has 0 aliphatic carbocycles. The Bertz CT molecular complexity index is 656. The van der Waals surface area contributed by atoms with E-state index in [2.05, 4.69) is 52.1 Å². The van der Waals surface area contributed by atoms with Crippen LogP contribution in [0.5, 0.6) is 0 Å². The molecule has 164 valence electrons. The Morgan fingerprint density at radius 3 is 2.41 bits per heavy atom. The first-order valence-electron chi connectivity index (χ1n) is 10.2. The van der Waals surface area contributed by atoms with E-state index in [4.69, 9.17) is 4.74 Å². The Balaban J connectivity index is 0.00000420. The molecular formula is C22H37IN4O2. The number of rotatable bonds is 6. The van der Waals surface area contributed by atoms with Gasteiger partial charge in [0.2, 0.25) is 5.91 Å². The Morgan fingerprint density at radius 2 is 1.79 bits per heavy atom. The van der Waals surface area contributed by atoms with Crippen LogP contribution in [0, 0.1) is 18.3 Å². The fourth-order valence-electron chi connectivity index (χ4n) is 3.25. The highest BCUT2D eigenvalue weighted by molar-refractivity contribution is 14.0. The molecule has 1 aromatic rings. The summed E-state index contributed by atoms with van der Waals surface area (Å²) >= 11 is 0. The van der Waals surface area contributed by atoms with Crippen LogP contribution in [-0.2, 0) is 9.53 Å². The number of aryl methyl sites for hydroxylation is 1. The molecule has 2 unspecified atom stereocenters. The molecule has 1 amide bonds. The van der Waals surface area contributed by atoms with Crippen molar-refractivity contribution in [3.8, 4) is 0 Å². The fourth-order valence-corrected chi connectivity index (χ4v) is 3.25. The summed E-state index contributed by atoms with van der Waals surface area (Å²) in [5.41, 5.74) is 2.13. The van der Waals surface area contributed by atoms with Crippen LogP contribution < -0.4 is 16.0 Å². The van der Waals surface area contributed by atoms with E-state index in [-0.39, 0.29) is 41.4 Å². The van der Waals surface area contributed by atoms with Crippen LogP contribution in [0.2, 0.25) is 0 Å². The fraction of sp³-hybridized carbons (Fsp3) is 0.636. The van der Waals surface area contributed by atoms with Crippen LogP contribution in [0.15, 0.2) is 29.3 Å². The molecule has 1 heterocycles. The van der Waals surface area contributed by atoms with E-state index in [1.54, 1.807) is 7.05 Å². The van der Waals surface area contributed by atoms with Crippen molar-refractivity contribution in [2.45, 2.75) is 46.6 Å². The molecule has 2 atom stereocenters. The van der Waals surface area contributed by atoms with E-state index < -0.39 is 0 Å². The van der Waals surface area contributed by atoms with Crippen LogP contribution in [-0.4, -0.2) is 45.2 Å². The van der Waals surface area contributed by atoms with Crippen LogP contribution >= 0.6 is 24.0 Å². The average molecular weight is 516 g/mol. The standard InChI is InChI=1S/C22H36N4O2.HI/c1-16-8-10-17(11-9-16)19-18(7-6-14-28-19)15-26-21(23-5)25-13-12-24-20(27)22(2,3)4;/h8-11,18-19H,6-7,12-15H2,1-5H3,(H,24,27)(H2,23,25,26);1H. The van der Waals surface area contributed by atoms with Gasteiger partial charge in [-0.2, -0.15) is 0 Å². The average Bonchev–Trinajstić information content (AvgIpc) is 2.67.